The standard InChI is InChI=1S/C40H48N8O9S3/c1-23-19-26(44-34(47-37(52)56-39(2,3)4)48-38(53)57-40(5,6)7)21-28(45-35(49)43-18-17-42-25-14-10-9-11-15-25)31(23)24-13-12-16-27(20-24)60(54,55)30-22-29(59-33(30)58-8)32(41)46-36(50)51/h9-16,19-22,42H,17-18H2,1-8H3,(H2,41,46)(H,50,51)(H2,43,45,49)(H2,44,47,48,52,53). The molecule has 0 bridgehead atoms. The molecule has 0 aliphatic heterocycles. The molecule has 0 fully saturated rings. The summed E-state index contributed by atoms with van der Waals surface area (Å²) in [5.41, 5.74) is 0.790. The molecule has 20 heteroatoms. The highest BCUT2D eigenvalue weighted by Crippen LogP contribution is 2.40. The van der Waals surface area contributed by atoms with E-state index < -0.39 is 51.2 Å². The predicted molar refractivity (Wildman–Crippen MR) is 234 cm³/mol. The molecule has 0 aliphatic rings. The van der Waals surface area contributed by atoms with E-state index in [1.54, 1.807) is 72.9 Å². The van der Waals surface area contributed by atoms with Crippen molar-refractivity contribution in [2.75, 3.05) is 30.0 Å². The number of aliphatic imine (C=N–C) groups is 1. The van der Waals surface area contributed by atoms with Gasteiger partial charge in [-0.15, -0.1) is 23.1 Å². The number of nitrogens with zero attached hydrogens (tertiary/aromatic N) is 1. The normalized spacial score (nSPS) is 11.4. The van der Waals surface area contributed by atoms with Gasteiger partial charge in [0, 0.05) is 24.3 Å². The maximum atomic E-state index is 14.2. The number of aryl methyl sites for hydroxylation is 1. The van der Waals surface area contributed by atoms with Crippen LogP contribution in [0.2, 0.25) is 0 Å². The Bertz CT molecular complexity index is 2360. The Morgan fingerprint density at radius 3 is 2.07 bits per heavy atom. The minimum Gasteiger partial charge on any atom is -0.465 e. The Labute approximate surface area is 356 Å². The van der Waals surface area contributed by atoms with Crippen LogP contribution in [0.25, 0.3) is 11.1 Å². The van der Waals surface area contributed by atoms with Gasteiger partial charge in [0.15, 0.2) is 0 Å². The van der Waals surface area contributed by atoms with Crippen LogP contribution in [0.5, 0.6) is 0 Å². The van der Waals surface area contributed by atoms with Crippen LogP contribution in [0.4, 0.5) is 36.2 Å². The van der Waals surface area contributed by atoms with E-state index in [0.717, 1.165) is 28.8 Å². The molecule has 3 aromatic carbocycles. The molecule has 0 radical (unpaired) electrons. The number of thioether (sulfide) groups is 1. The molecule has 17 nitrogen and oxygen atoms in total. The first-order chi connectivity index (χ1) is 28.0. The fraction of sp³-hybridized carbons (Fsp3) is 0.300. The fourth-order valence-corrected chi connectivity index (χ4v) is 9.31. The molecular weight excluding hydrogens is 833 g/mol. The van der Waals surface area contributed by atoms with Gasteiger partial charge in [-0.25, -0.2) is 32.6 Å². The van der Waals surface area contributed by atoms with Gasteiger partial charge in [0.25, 0.3) is 0 Å². The Morgan fingerprint density at radius 2 is 1.48 bits per heavy atom. The molecule has 0 unspecified atom stereocenters. The highest BCUT2D eigenvalue weighted by atomic mass is 32.2. The second kappa shape index (κ2) is 19.8. The van der Waals surface area contributed by atoms with Gasteiger partial charge < -0.3 is 30.5 Å². The Balaban J connectivity index is 1.79. The Morgan fingerprint density at radius 1 is 0.850 bits per heavy atom. The number of sulfone groups is 1. The van der Waals surface area contributed by atoms with Crippen molar-refractivity contribution in [3.8, 4) is 11.1 Å². The van der Waals surface area contributed by atoms with Crippen molar-refractivity contribution in [1.29, 1.82) is 5.41 Å². The van der Waals surface area contributed by atoms with Crippen molar-refractivity contribution in [2.24, 2.45) is 4.99 Å². The SMILES string of the molecule is CSc1sc(C(=N)NC(=O)O)cc1S(=O)(=O)c1cccc(-c2c(C)cc(N=C(NC(=O)OC(C)(C)C)NC(=O)OC(C)(C)C)cc2NC(=O)NCCNc2ccccc2)c1. The first kappa shape index (κ1) is 46.6. The second-order valence-corrected chi connectivity index (χ2v) is 18.9. The third kappa shape index (κ3) is 13.7. The number of para-hydroxylation sites is 1. The summed E-state index contributed by atoms with van der Waals surface area (Å²) in [5, 5.41) is 32.9. The van der Waals surface area contributed by atoms with Gasteiger partial charge in [-0.2, -0.15) is 0 Å². The number of carbonyl (C=O) groups is 4. The quantitative estimate of drug-likeness (QED) is 0.0309. The second-order valence-electron chi connectivity index (χ2n) is 14.9. The molecule has 4 rings (SSSR count). The number of amidine groups is 1. The van der Waals surface area contributed by atoms with Crippen molar-refractivity contribution in [1.82, 2.24) is 21.3 Å². The van der Waals surface area contributed by atoms with E-state index in [-0.39, 0.29) is 38.5 Å². The molecule has 0 spiro atoms. The van der Waals surface area contributed by atoms with Crippen LogP contribution in [-0.4, -0.2) is 80.2 Å². The lowest BCUT2D eigenvalue weighted by Crippen LogP contribution is -2.47. The number of nitrogens with one attached hydrogen (secondary N) is 7. The average Bonchev–Trinajstić information content (AvgIpc) is 3.58. The zero-order valence-corrected chi connectivity index (χ0v) is 36.7. The zero-order valence-electron chi connectivity index (χ0n) is 34.2. The number of hydrogen-bond donors (Lipinski definition) is 8. The maximum absolute atomic E-state index is 14.2. The Kier molecular flexibility index (Phi) is 15.3. The van der Waals surface area contributed by atoms with Crippen LogP contribution in [0.3, 0.4) is 0 Å². The number of guanidine groups is 1. The first-order valence-electron chi connectivity index (χ1n) is 18.2. The van der Waals surface area contributed by atoms with Crippen molar-refractivity contribution < 1.29 is 42.2 Å². The summed E-state index contributed by atoms with van der Waals surface area (Å²) >= 11 is 2.10. The number of amides is 5. The van der Waals surface area contributed by atoms with Gasteiger partial charge in [0.05, 0.1) is 30.3 Å². The Hall–Kier alpha value is -6.12. The van der Waals surface area contributed by atoms with Crippen LogP contribution >= 0.6 is 23.1 Å². The molecule has 0 atom stereocenters. The van der Waals surface area contributed by atoms with Gasteiger partial charge in [-0.3, -0.25) is 21.4 Å². The number of benzene rings is 3. The number of hydrogen-bond acceptors (Lipinski definition) is 13. The topological polar surface area (TPSA) is 249 Å². The molecule has 60 heavy (non-hydrogen) atoms. The number of urea groups is 1. The van der Waals surface area contributed by atoms with Crippen molar-refractivity contribution in [3.63, 3.8) is 0 Å². The number of carboxylic acid groups (broad SMARTS) is 1. The lowest BCUT2D eigenvalue weighted by Gasteiger charge is -2.22. The molecule has 1 aromatic heterocycles. The number of ether oxygens (including phenoxy) is 2. The minimum absolute atomic E-state index is 0.102. The average molecular weight is 881 g/mol. The summed E-state index contributed by atoms with van der Waals surface area (Å²) in [6.45, 7) is 12.3. The van der Waals surface area contributed by atoms with E-state index in [0.29, 0.717) is 27.4 Å². The molecule has 5 amide bonds. The molecule has 4 aromatic rings. The van der Waals surface area contributed by atoms with Crippen LogP contribution < -0.4 is 31.9 Å². The highest BCUT2D eigenvalue weighted by molar-refractivity contribution is 8.01. The molecule has 8 N–H and O–H groups in total. The number of carbonyl (C=O) groups excluding carboxylic acids is 3. The van der Waals surface area contributed by atoms with E-state index >= 15 is 0 Å². The summed E-state index contributed by atoms with van der Waals surface area (Å²) in [5.74, 6) is -0.806. The molecule has 0 saturated carbocycles. The largest absolute Gasteiger partial charge is 0.465 e. The van der Waals surface area contributed by atoms with Crippen LogP contribution in [0.15, 0.2) is 91.8 Å². The molecule has 1 heterocycles. The van der Waals surface area contributed by atoms with E-state index in [9.17, 15) is 27.6 Å². The van der Waals surface area contributed by atoms with Crippen molar-refractivity contribution in [3.05, 3.63) is 83.2 Å². The molecule has 0 saturated heterocycles. The van der Waals surface area contributed by atoms with E-state index in [4.69, 9.17) is 20.0 Å². The maximum Gasteiger partial charge on any atom is 0.414 e. The number of alkyl carbamates (subject to hydrolysis) is 2. The minimum atomic E-state index is -4.23. The summed E-state index contributed by atoms with van der Waals surface area (Å²) in [6.07, 6.45) is -1.61. The molecule has 320 valence electrons. The number of rotatable bonds is 11. The smallest absolute Gasteiger partial charge is 0.414 e. The summed E-state index contributed by atoms with van der Waals surface area (Å²) in [4.78, 5) is 54.6. The summed E-state index contributed by atoms with van der Waals surface area (Å²) in [6, 6.07) is 19.2. The predicted octanol–water partition coefficient (Wildman–Crippen LogP) is 8.14. The van der Waals surface area contributed by atoms with Crippen molar-refractivity contribution in [2.45, 2.75) is 73.7 Å². The van der Waals surface area contributed by atoms with Gasteiger partial charge in [-0.05, 0) is 108 Å². The van der Waals surface area contributed by atoms with Crippen LogP contribution in [-0.2, 0) is 19.3 Å². The lowest BCUT2D eigenvalue weighted by atomic mass is 9.97. The highest BCUT2D eigenvalue weighted by Gasteiger charge is 2.27. The third-order valence-electron chi connectivity index (χ3n) is 7.61. The first-order valence-corrected chi connectivity index (χ1v) is 21.8. The van der Waals surface area contributed by atoms with Crippen LogP contribution in [0.1, 0.15) is 52.0 Å². The van der Waals surface area contributed by atoms with Gasteiger partial charge in [0.1, 0.15) is 17.0 Å². The zero-order chi connectivity index (χ0) is 44.4. The van der Waals surface area contributed by atoms with Gasteiger partial charge in [-0.1, -0.05) is 30.3 Å². The lowest BCUT2D eigenvalue weighted by molar-refractivity contribution is 0.0545. The van der Waals surface area contributed by atoms with Gasteiger partial charge in [0.2, 0.25) is 15.8 Å². The fourth-order valence-electron chi connectivity index (χ4n) is 5.36. The molecular formula is C40H48N8O9S3. The van der Waals surface area contributed by atoms with E-state index in [1.165, 1.54) is 24.3 Å². The van der Waals surface area contributed by atoms with Crippen molar-refractivity contribution >= 4 is 86.1 Å². The summed E-state index contributed by atoms with van der Waals surface area (Å²) < 4.78 is 39.4. The van der Waals surface area contributed by atoms with E-state index in [2.05, 4.69) is 31.6 Å². The van der Waals surface area contributed by atoms with E-state index in [1.807, 2.05) is 35.6 Å². The van der Waals surface area contributed by atoms with Crippen LogP contribution in [0, 0.1) is 12.3 Å². The van der Waals surface area contributed by atoms with Gasteiger partial charge >= 0.3 is 24.3 Å². The monoisotopic (exact) mass is 880 g/mol. The number of thiophene rings is 1. The molecule has 0 aliphatic carbocycles. The number of anilines is 2. The third-order valence-corrected chi connectivity index (χ3v) is 11.9. The summed E-state index contributed by atoms with van der Waals surface area (Å²) in [7, 11) is -4.23.